The molecule has 0 unspecified atom stereocenters. The van der Waals surface area contributed by atoms with Gasteiger partial charge in [0.2, 0.25) is 5.91 Å². The molecule has 5 nitrogen and oxygen atoms in total. The van der Waals surface area contributed by atoms with Gasteiger partial charge in [-0.2, -0.15) is 0 Å². The average molecular weight is 255 g/mol. The molecule has 0 saturated heterocycles. The van der Waals surface area contributed by atoms with Crippen LogP contribution in [0.2, 0.25) is 0 Å². The van der Waals surface area contributed by atoms with Crippen LogP contribution in [0.15, 0.2) is 12.2 Å². The maximum Gasteiger partial charge on any atom is 0.307 e. The van der Waals surface area contributed by atoms with E-state index in [1.54, 1.807) is 19.1 Å². The van der Waals surface area contributed by atoms with E-state index >= 15 is 0 Å². The molecule has 102 valence electrons. The zero-order valence-electron chi connectivity index (χ0n) is 11.0. The van der Waals surface area contributed by atoms with Crippen molar-refractivity contribution in [3.63, 3.8) is 0 Å². The summed E-state index contributed by atoms with van der Waals surface area (Å²) in [6.45, 7) is 1.20. The number of nitrogens with zero attached hydrogens (tertiary/aromatic N) is 1. The van der Waals surface area contributed by atoms with Crippen molar-refractivity contribution >= 4 is 11.9 Å². The summed E-state index contributed by atoms with van der Waals surface area (Å²) in [4.78, 5) is 24.9. The lowest BCUT2D eigenvalue weighted by Crippen LogP contribution is -2.40. The van der Waals surface area contributed by atoms with E-state index in [2.05, 4.69) is 0 Å². The van der Waals surface area contributed by atoms with E-state index in [1.807, 2.05) is 12.2 Å². The third kappa shape index (κ3) is 3.84. The quantitative estimate of drug-likeness (QED) is 0.571. The van der Waals surface area contributed by atoms with E-state index in [-0.39, 0.29) is 5.91 Å². The van der Waals surface area contributed by atoms with Crippen molar-refractivity contribution in [2.45, 2.75) is 19.3 Å². The van der Waals surface area contributed by atoms with Crippen molar-refractivity contribution in [1.82, 2.24) is 4.90 Å². The monoisotopic (exact) mass is 255 g/mol. The number of carboxylic acid groups (broad SMARTS) is 1. The molecule has 1 amide bonds. The second-order valence-electron chi connectivity index (χ2n) is 4.60. The van der Waals surface area contributed by atoms with E-state index in [0.717, 1.165) is 6.42 Å². The van der Waals surface area contributed by atoms with E-state index in [4.69, 9.17) is 9.84 Å². The highest BCUT2D eigenvalue weighted by atomic mass is 16.5. The number of aliphatic carboxylic acids is 1. The molecule has 0 radical (unpaired) electrons. The molecule has 5 heteroatoms. The first-order valence-electron chi connectivity index (χ1n) is 6.19. The predicted octanol–water partition coefficient (Wildman–Crippen LogP) is 1.15. The van der Waals surface area contributed by atoms with Gasteiger partial charge in [0.1, 0.15) is 0 Å². The van der Waals surface area contributed by atoms with Gasteiger partial charge in [0, 0.05) is 27.3 Å². The summed E-state index contributed by atoms with van der Waals surface area (Å²) in [5.41, 5.74) is 0. The third-order valence-corrected chi connectivity index (χ3v) is 3.29. The molecular formula is C13H21NO4. The van der Waals surface area contributed by atoms with Crippen molar-refractivity contribution < 1.29 is 19.4 Å². The van der Waals surface area contributed by atoms with Crippen molar-refractivity contribution in [1.29, 1.82) is 0 Å². The molecular weight excluding hydrogens is 234 g/mol. The maximum atomic E-state index is 12.2. The Kier molecular flexibility index (Phi) is 5.85. The Morgan fingerprint density at radius 3 is 2.50 bits per heavy atom. The van der Waals surface area contributed by atoms with Crippen LogP contribution in [0.1, 0.15) is 19.3 Å². The summed E-state index contributed by atoms with van der Waals surface area (Å²) >= 11 is 0. The lowest BCUT2D eigenvalue weighted by atomic mass is 9.82. The molecule has 0 fully saturated rings. The van der Waals surface area contributed by atoms with Gasteiger partial charge in [-0.3, -0.25) is 9.59 Å². The number of carbonyl (C=O) groups excluding carboxylic acids is 1. The van der Waals surface area contributed by atoms with Gasteiger partial charge < -0.3 is 14.7 Å². The molecule has 0 bridgehead atoms. The standard InChI is InChI=1S/C13H21NO4/c1-14(8-5-9-18-2)12(15)10-6-3-4-7-11(10)13(16)17/h3-4,10-11H,5-9H2,1-2H3,(H,16,17)/t10-,11+/m1/s1. The summed E-state index contributed by atoms with van der Waals surface area (Å²) in [6, 6.07) is 0. The summed E-state index contributed by atoms with van der Waals surface area (Å²) in [6.07, 6.45) is 5.46. The number of methoxy groups -OCH3 is 1. The Morgan fingerprint density at radius 2 is 1.94 bits per heavy atom. The van der Waals surface area contributed by atoms with Crippen molar-refractivity contribution in [2.24, 2.45) is 11.8 Å². The number of hydrogen-bond donors (Lipinski definition) is 1. The highest BCUT2D eigenvalue weighted by molar-refractivity contribution is 5.85. The van der Waals surface area contributed by atoms with Gasteiger partial charge in [-0.15, -0.1) is 0 Å². The van der Waals surface area contributed by atoms with Gasteiger partial charge in [-0.1, -0.05) is 12.2 Å². The van der Waals surface area contributed by atoms with Gasteiger partial charge in [-0.05, 0) is 19.3 Å². The summed E-state index contributed by atoms with van der Waals surface area (Å²) in [7, 11) is 3.34. The highest BCUT2D eigenvalue weighted by Gasteiger charge is 2.35. The Labute approximate surface area is 107 Å². The number of rotatable bonds is 6. The molecule has 0 saturated carbocycles. The third-order valence-electron chi connectivity index (χ3n) is 3.29. The van der Waals surface area contributed by atoms with E-state index in [1.165, 1.54) is 0 Å². The molecule has 1 aliphatic carbocycles. The van der Waals surface area contributed by atoms with E-state index in [9.17, 15) is 9.59 Å². The Bertz CT molecular complexity index is 327. The SMILES string of the molecule is COCCCN(C)C(=O)[C@@H]1CC=CC[C@@H]1C(=O)O. The maximum absolute atomic E-state index is 12.2. The predicted molar refractivity (Wildman–Crippen MR) is 67.1 cm³/mol. The molecule has 1 N–H and O–H groups in total. The van der Waals surface area contributed by atoms with Crippen LogP contribution in [0, 0.1) is 11.8 Å². The first-order valence-corrected chi connectivity index (χ1v) is 6.19. The molecule has 2 atom stereocenters. The van der Waals surface area contributed by atoms with Gasteiger partial charge in [-0.25, -0.2) is 0 Å². The second-order valence-corrected chi connectivity index (χ2v) is 4.60. The first kappa shape index (κ1) is 14.7. The molecule has 0 aromatic carbocycles. The molecule has 0 spiro atoms. The zero-order valence-corrected chi connectivity index (χ0v) is 11.0. The summed E-state index contributed by atoms with van der Waals surface area (Å²) in [5.74, 6) is -1.99. The fourth-order valence-corrected chi connectivity index (χ4v) is 2.20. The minimum absolute atomic E-state index is 0.0807. The fourth-order valence-electron chi connectivity index (χ4n) is 2.20. The topological polar surface area (TPSA) is 66.8 Å². The Hall–Kier alpha value is -1.36. The number of allylic oxidation sites excluding steroid dienone is 2. The fraction of sp³-hybridized carbons (Fsp3) is 0.692. The van der Waals surface area contributed by atoms with Gasteiger partial charge in [0.25, 0.3) is 0 Å². The summed E-state index contributed by atoms with van der Waals surface area (Å²) < 4.78 is 4.93. The van der Waals surface area contributed by atoms with E-state index in [0.29, 0.717) is 26.0 Å². The molecule has 0 aromatic heterocycles. The molecule has 0 heterocycles. The number of hydrogen-bond acceptors (Lipinski definition) is 3. The largest absolute Gasteiger partial charge is 0.481 e. The smallest absolute Gasteiger partial charge is 0.307 e. The van der Waals surface area contributed by atoms with Crippen LogP contribution in [0.5, 0.6) is 0 Å². The van der Waals surface area contributed by atoms with Crippen LogP contribution in [0.3, 0.4) is 0 Å². The van der Waals surface area contributed by atoms with Crippen LogP contribution >= 0.6 is 0 Å². The average Bonchev–Trinajstić information content (AvgIpc) is 2.38. The second kappa shape index (κ2) is 7.16. The molecule has 0 aromatic rings. The Morgan fingerprint density at radius 1 is 1.33 bits per heavy atom. The van der Waals surface area contributed by atoms with Crippen LogP contribution in [-0.4, -0.2) is 49.2 Å². The zero-order chi connectivity index (χ0) is 13.5. The minimum Gasteiger partial charge on any atom is -0.481 e. The number of ether oxygens (including phenoxy) is 1. The number of carbonyl (C=O) groups is 2. The number of carboxylic acids is 1. The van der Waals surface area contributed by atoms with Crippen LogP contribution in [0.4, 0.5) is 0 Å². The first-order chi connectivity index (χ1) is 8.57. The molecule has 1 rings (SSSR count). The lowest BCUT2D eigenvalue weighted by molar-refractivity contribution is -0.150. The molecule has 1 aliphatic rings. The number of amides is 1. The van der Waals surface area contributed by atoms with Crippen LogP contribution < -0.4 is 0 Å². The van der Waals surface area contributed by atoms with Crippen molar-refractivity contribution in [3.05, 3.63) is 12.2 Å². The van der Waals surface area contributed by atoms with Crippen molar-refractivity contribution in [3.8, 4) is 0 Å². The van der Waals surface area contributed by atoms with E-state index < -0.39 is 17.8 Å². The van der Waals surface area contributed by atoms with Gasteiger partial charge >= 0.3 is 5.97 Å². The Balaban J connectivity index is 2.57. The molecule has 18 heavy (non-hydrogen) atoms. The van der Waals surface area contributed by atoms with Gasteiger partial charge in [0.05, 0.1) is 11.8 Å². The normalized spacial score (nSPS) is 22.8. The van der Waals surface area contributed by atoms with Crippen LogP contribution in [-0.2, 0) is 14.3 Å². The van der Waals surface area contributed by atoms with Crippen LogP contribution in [0.25, 0.3) is 0 Å². The molecule has 0 aliphatic heterocycles. The lowest BCUT2D eigenvalue weighted by Gasteiger charge is -2.28. The minimum atomic E-state index is -0.886. The van der Waals surface area contributed by atoms with Crippen molar-refractivity contribution in [2.75, 3.05) is 27.3 Å². The highest BCUT2D eigenvalue weighted by Crippen LogP contribution is 2.27. The summed E-state index contributed by atoms with van der Waals surface area (Å²) in [5, 5.41) is 9.13. The van der Waals surface area contributed by atoms with Gasteiger partial charge in [0.15, 0.2) is 0 Å².